The van der Waals surface area contributed by atoms with E-state index >= 15 is 0 Å². The van der Waals surface area contributed by atoms with Gasteiger partial charge in [-0.15, -0.1) is 0 Å². The lowest BCUT2D eigenvalue weighted by atomic mass is 10.1. The first kappa shape index (κ1) is 15.7. The van der Waals surface area contributed by atoms with Gasteiger partial charge in [0, 0.05) is 49.6 Å². The Morgan fingerprint density at radius 1 is 1.28 bits per heavy atom. The predicted octanol–water partition coefficient (Wildman–Crippen LogP) is 2.00. The number of aryl methyl sites for hydroxylation is 2. The lowest BCUT2D eigenvalue weighted by molar-refractivity contribution is 0.240. The number of hydrogen-bond donors (Lipinski definition) is 1. The van der Waals surface area contributed by atoms with Crippen molar-refractivity contribution in [2.24, 2.45) is 0 Å². The molecule has 0 saturated heterocycles. The maximum absolute atomic E-state index is 12.6. The number of H-pyrrole nitrogens is 1. The number of nitrogens with one attached hydrogen (secondary N) is 1. The van der Waals surface area contributed by atoms with Gasteiger partial charge < -0.3 is 9.51 Å². The zero-order valence-electron chi connectivity index (χ0n) is 14.2. The van der Waals surface area contributed by atoms with Gasteiger partial charge in [-0.25, -0.2) is 4.98 Å². The van der Waals surface area contributed by atoms with Crippen LogP contribution < -0.4 is 5.56 Å². The molecule has 4 heterocycles. The fourth-order valence-electron chi connectivity index (χ4n) is 3.21. The minimum atomic E-state index is -0.0692. The SMILES string of the molecule is Cc1noc(C)c1CN1CCc2nc(-c3ccncc3)[nH]c(=O)c2C1. The van der Waals surface area contributed by atoms with Crippen LogP contribution in [0.2, 0.25) is 0 Å². The van der Waals surface area contributed by atoms with E-state index in [0.29, 0.717) is 12.4 Å². The van der Waals surface area contributed by atoms with Crippen molar-refractivity contribution in [3.63, 3.8) is 0 Å². The topological polar surface area (TPSA) is 87.9 Å². The summed E-state index contributed by atoms with van der Waals surface area (Å²) >= 11 is 0. The normalized spacial score (nSPS) is 14.5. The van der Waals surface area contributed by atoms with Crippen LogP contribution in [0.25, 0.3) is 11.4 Å². The molecule has 4 rings (SSSR count). The van der Waals surface area contributed by atoms with Crippen molar-refractivity contribution in [2.45, 2.75) is 33.4 Å². The quantitative estimate of drug-likeness (QED) is 0.786. The van der Waals surface area contributed by atoms with Gasteiger partial charge in [-0.05, 0) is 26.0 Å². The summed E-state index contributed by atoms with van der Waals surface area (Å²) < 4.78 is 5.23. The molecule has 1 aliphatic heterocycles. The van der Waals surface area contributed by atoms with Gasteiger partial charge in [0.2, 0.25) is 0 Å². The van der Waals surface area contributed by atoms with E-state index < -0.39 is 0 Å². The largest absolute Gasteiger partial charge is 0.361 e. The molecule has 0 aliphatic carbocycles. The summed E-state index contributed by atoms with van der Waals surface area (Å²) in [4.78, 5) is 26.4. The molecular formula is C18H19N5O2. The van der Waals surface area contributed by atoms with Gasteiger partial charge in [0.25, 0.3) is 5.56 Å². The van der Waals surface area contributed by atoms with Gasteiger partial charge in [-0.3, -0.25) is 14.7 Å². The van der Waals surface area contributed by atoms with E-state index in [9.17, 15) is 4.79 Å². The zero-order chi connectivity index (χ0) is 17.4. The van der Waals surface area contributed by atoms with Crippen LogP contribution in [0, 0.1) is 13.8 Å². The van der Waals surface area contributed by atoms with Gasteiger partial charge in [0.1, 0.15) is 11.6 Å². The molecule has 0 atom stereocenters. The van der Waals surface area contributed by atoms with E-state index in [4.69, 9.17) is 4.52 Å². The third-order valence-electron chi connectivity index (χ3n) is 4.66. The highest BCUT2D eigenvalue weighted by Gasteiger charge is 2.23. The number of fused-ring (bicyclic) bond motifs is 1. The van der Waals surface area contributed by atoms with Crippen LogP contribution in [-0.2, 0) is 19.5 Å². The summed E-state index contributed by atoms with van der Waals surface area (Å²) in [5.41, 5.74) is 4.43. The molecule has 25 heavy (non-hydrogen) atoms. The Bertz CT molecular complexity index is 942. The number of hydrogen-bond acceptors (Lipinski definition) is 6. The van der Waals surface area contributed by atoms with Crippen LogP contribution in [0.3, 0.4) is 0 Å². The van der Waals surface area contributed by atoms with Crippen molar-refractivity contribution in [1.82, 2.24) is 25.0 Å². The van der Waals surface area contributed by atoms with Crippen molar-refractivity contribution in [2.75, 3.05) is 6.54 Å². The Hall–Kier alpha value is -2.80. The molecule has 0 aromatic carbocycles. The molecule has 0 radical (unpaired) electrons. The molecule has 7 nitrogen and oxygen atoms in total. The molecular weight excluding hydrogens is 318 g/mol. The summed E-state index contributed by atoms with van der Waals surface area (Å²) in [6.45, 7) is 6.02. The summed E-state index contributed by atoms with van der Waals surface area (Å²) in [7, 11) is 0. The molecule has 0 bridgehead atoms. The van der Waals surface area contributed by atoms with Gasteiger partial charge in [-0.2, -0.15) is 0 Å². The Labute approximate surface area is 144 Å². The number of nitrogens with zero attached hydrogens (tertiary/aromatic N) is 4. The van der Waals surface area contributed by atoms with Crippen molar-refractivity contribution in [3.05, 3.63) is 63.2 Å². The second-order valence-electron chi connectivity index (χ2n) is 6.34. The van der Waals surface area contributed by atoms with E-state index in [2.05, 4.69) is 25.0 Å². The molecule has 3 aromatic heterocycles. The summed E-state index contributed by atoms with van der Waals surface area (Å²) in [6, 6.07) is 3.69. The number of pyridine rings is 1. The highest BCUT2D eigenvalue weighted by atomic mass is 16.5. The first-order valence-electron chi connectivity index (χ1n) is 8.28. The number of aromatic amines is 1. The summed E-state index contributed by atoms with van der Waals surface area (Å²) in [5, 5.41) is 4.00. The van der Waals surface area contributed by atoms with Crippen LogP contribution in [0.4, 0.5) is 0 Å². The first-order valence-corrected chi connectivity index (χ1v) is 8.28. The first-order chi connectivity index (χ1) is 12.1. The van der Waals surface area contributed by atoms with Gasteiger partial charge >= 0.3 is 0 Å². The van der Waals surface area contributed by atoms with Crippen LogP contribution in [0.5, 0.6) is 0 Å². The van der Waals surface area contributed by atoms with E-state index in [0.717, 1.165) is 53.3 Å². The van der Waals surface area contributed by atoms with E-state index in [1.54, 1.807) is 12.4 Å². The van der Waals surface area contributed by atoms with Crippen LogP contribution in [0.1, 0.15) is 28.3 Å². The Kier molecular flexibility index (Phi) is 3.93. The fraction of sp³-hybridized carbons (Fsp3) is 0.333. The lowest BCUT2D eigenvalue weighted by Crippen LogP contribution is -2.35. The highest BCUT2D eigenvalue weighted by Crippen LogP contribution is 2.21. The van der Waals surface area contributed by atoms with Gasteiger partial charge in [0.05, 0.1) is 17.0 Å². The maximum atomic E-state index is 12.6. The molecule has 7 heteroatoms. The molecule has 0 saturated carbocycles. The second kappa shape index (κ2) is 6.25. The number of rotatable bonds is 3. The summed E-state index contributed by atoms with van der Waals surface area (Å²) in [6.07, 6.45) is 4.14. The Morgan fingerprint density at radius 3 is 2.80 bits per heavy atom. The average molecular weight is 337 g/mol. The molecule has 0 amide bonds. The molecule has 0 fully saturated rings. The summed E-state index contributed by atoms with van der Waals surface area (Å²) in [5.74, 6) is 1.44. The lowest BCUT2D eigenvalue weighted by Gasteiger charge is -2.27. The third kappa shape index (κ3) is 2.98. The van der Waals surface area contributed by atoms with Gasteiger partial charge in [-0.1, -0.05) is 5.16 Å². The van der Waals surface area contributed by atoms with Crippen LogP contribution in [0.15, 0.2) is 33.8 Å². The van der Waals surface area contributed by atoms with E-state index in [1.165, 1.54) is 0 Å². The molecule has 1 aliphatic rings. The molecule has 0 unspecified atom stereocenters. The minimum absolute atomic E-state index is 0.0692. The van der Waals surface area contributed by atoms with Gasteiger partial charge in [0.15, 0.2) is 0 Å². The predicted molar refractivity (Wildman–Crippen MR) is 91.9 cm³/mol. The fourth-order valence-corrected chi connectivity index (χ4v) is 3.21. The van der Waals surface area contributed by atoms with Crippen molar-refractivity contribution in [1.29, 1.82) is 0 Å². The average Bonchev–Trinajstić information content (AvgIpc) is 2.95. The number of aromatic nitrogens is 4. The Balaban J connectivity index is 1.61. The van der Waals surface area contributed by atoms with Crippen molar-refractivity contribution >= 4 is 0 Å². The van der Waals surface area contributed by atoms with Crippen LogP contribution >= 0.6 is 0 Å². The van der Waals surface area contributed by atoms with Crippen molar-refractivity contribution < 1.29 is 4.52 Å². The minimum Gasteiger partial charge on any atom is -0.361 e. The van der Waals surface area contributed by atoms with E-state index in [-0.39, 0.29) is 5.56 Å². The second-order valence-corrected chi connectivity index (χ2v) is 6.34. The third-order valence-corrected chi connectivity index (χ3v) is 4.66. The monoisotopic (exact) mass is 337 g/mol. The molecule has 0 spiro atoms. The van der Waals surface area contributed by atoms with Crippen molar-refractivity contribution in [3.8, 4) is 11.4 Å². The highest BCUT2D eigenvalue weighted by molar-refractivity contribution is 5.54. The molecule has 3 aromatic rings. The Morgan fingerprint density at radius 2 is 2.08 bits per heavy atom. The standard InChI is InChI=1S/C18H19N5O2/c1-11-14(12(2)25-22-11)9-23-8-5-16-15(10-23)18(24)21-17(20-16)13-3-6-19-7-4-13/h3-4,6-7H,5,8-10H2,1-2H3,(H,20,21,24). The maximum Gasteiger partial charge on any atom is 0.255 e. The molecule has 128 valence electrons. The smallest absolute Gasteiger partial charge is 0.255 e. The molecule has 1 N–H and O–H groups in total. The van der Waals surface area contributed by atoms with E-state index in [1.807, 2.05) is 26.0 Å². The zero-order valence-corrected chi connectivity index (χ0v) is 14.2. The van der Waals surface area contributed by atoms with Crippen LogP contribution in [-0.4, -0.2) is 31.6 Å².